The van der Waals surface area contributed by atoms with E-state index in [4.69, 9.17) is 4.74 Å². The van der Waals surface area contributed by atoms with Crippen molar-refractivity contribution in [2.45, 2.75) is 6.04 Å². The molecule has 1 aromatic carbocycles. The van der Waals surface area contributed by atoms with Gasteiger partial charge in [0.05, 0.1) is 7.11 Å². The van der Waals surface area contributed by atoms with Gasteiger partial charge in [0.25, 0.3) is 0 Å². The summed E-state index contributed by atoms with van der Waals surface area (Å²) in [5.74, 6) is 0.547. The third kappa shape index (κ3) is 1.28. The molecule has 0 bridgehead atoms. The SMILES string of the molecule is COc1ccc(F)cc1C1CN1. The lowest BCUT2D eigenvalue weighted by atomic mass is 10.1. The Labute approximate surface area is 70.3 Å². The van der Waals surface area contributed by atoms with Gasteiger partial charge in [-0.2, -0.15) is 0 Å². The van der Waals surface area contributed by atoms with Gasteiger partial charge in [0.1, 0.15) is 11.6 Å². The van der Waals surface area contributed by atoms with Crippen LogP contribution in [0.15, 0.2) is 18.2 Å². The van der Waals surface area contributed by atoms with E-state index in [0.717, 1.165) is 17.9 Å². The molecule has 0 aromatic heterocycles. The van der Waals surface area contributed by atoms with E-state index in [1.807, 2.05) is 0 Å². The largest absolute Gasteiger partial charge is 0.496 e. The highest BCUT2D eigenvalue weighted by molar-refractivity contribution is 5.38. The van der Waals surface area contributed by atoms with Gasteiger partial charge in [0.2, 0.25) is 0 Å². The summed E-state index contributed by atoms with van der Waals surface area (Å²) >= 11 is 0. The molecule has 0 aliphatic carbocycles. The Kier molecular flexibility index (Phi) is 1.73. The maximum Gasteiger partial charge on any atom is 0.123 e. The first-order valence-corrected chi connectivity index (χ1v) is 3.88. The molecule has 3 heteroatoms. The van der Waals surface area contributed by atoms with Crippen molar-refractivity contribution in [1.29, 1.82) is 0 Å². The number of hydrogen-bond donors (Lipinski definition) is 1. The third-order valence-corrected chi connectivity index (χ3v) is 1.98. The lowest BCUT2D eigenvalue weighted by Gasteiger charge is -2.05. The molecule has 1 saturated heterocycles. The molecule has 64 valence electrons. The van der Waals surface area contributed by atoms with Crippen molar-refractivity contribution >= 4 is 0 Å². The third-order valence-electron chi connectivity index (χ3n) is 1.98. The van der Waals surface area contributed by atoms with Crippen LogP contribution >= 0.6 is 0 Å². The summed E-state index contributed by atoms with van der Waals surface area (Å²) in [6.45, 7) is 0.916. The summed E-state index contributed by atoms with van der Waals surface area (Å²) < 4.78 is 17.9. The second kappa shape index (κ2) is 2.75. The van der Waals surface area contributed by atoms with E-state index in [-0.39, 0.29) is 11.9 Å². The van der Waals surface area contributed by atoms with Crippen LogP contribution in [0.1, 0.15) is 11.6 Å². The lowest BCUT2D eigenvalue weighted by molar-refractivity contribution is 0.408. The molecule has 2 nitrogen and oxygen atoms in total. The highest BCUT2D eigenvalue weighted by Crippen LogP contribution is 2.30. The average Bonchev–Trinajstić information content (AvgIpc) is 2.87. The second-order valence-corrected chi connectivity index (χ2v) is 2.85. The normalized spacial score (nSPS) is 20.7. The van der Waals surface area contributed by atoms with Gasteiger partial charge < -0.3 is 10.1 Å². The van der Waals surface area contributed by atoms with E-state index in [1.54, 1.807) is 13.2 Å². The summed E-state index contributed by atoms with van der Waals surface area (Å²) in [6.07, 6.45) is 0. The summed E-state index contributed by atoms with van der Waals surface area (Å²) in [5.41, 5.74) is 0.914. The van der Waals surface area contributed by atoms with Crippen molar-refractivity contribution in [3.63, 3.8) is 0 Å². The van der Waals surface area contributed by atoms with Crippen LogP contribution in [0.4, 0.5) is 4.39 Å². The Morgan fingerprint density at radius 3 is 2.92 bits per heavy atom. The summed E-state index contributed by atoms with van der Waals surface area (Å²) in [6, 6.07) is 4.87. The van der Waals surface area contributed by atoms with Crippen LogP contribution in [0.3, 0.4) is 0 Å². The van der Waals surface area contributed by atoms with Crippen molar-refractivity contribution < 1.29 is 9.13 Å². The van der Waals surface area contributed by atoms with Crippen molar-refractivity contribution in [3.05, 3.63) is 29.6 Å². The van der Waals surface area contributed by atoms with Gasteiger partial charge in [0.15, 0.2) is 0 Å². The molecule has 1 atom stereocenters. The Hall–Kier alpha value is -1.09. The molecule has 1 N–H and O–H groups in total. The van der Waals surface area contributed by atoms with Crippen molar-refractivity contribution in [2.75, 3.05) is 13.7 Å². The highest BCUT2D eigenvalue weighted by atomic mass is 19.1. The van der Waals surface area contributed by atoms with Gasteiger partial charge in [-0.15, -0.1) is 0 Å². The van der Waals surface area contributed by atoms with Gasteiger partial charge in [-0.1, -0.05) is 0 Å². The number of hydrogen-bond acceptors (Lipinski definition) is 2. The predicted molar refractivity (Wildman–Crippen MR) is 43.7 cm³/mol. The van der Waals surface area contributed by atoms with Crippen LogP contribution in [-0.2, 0) is 0 Å². The molecular formula is C9H10FNO. The fourth-order valence-corrected chi connectivity index (χ4v) is 1.26. The average molecular weight is 167 g/mol. The zero-order valence-corrected chi connectivity index (χ0v) is 6.80. The van der Waals surface area contributed by atoms with Gasteiger partial charge in [-0.25, -0.2) is 4.39 Å². The van der Waals surface area contributed by atoms with Crippen LogP contribution in [-0.4, -0.2) is 13.7 Å². The molecule has 2 rings (SSSR count). The fourth-order valence-electron chi connectivity index (χ4n) is 1.26. The van der Waals surface area contributed by atoms with E-state index >= 15 is 0 Å². The number of halogens is 1. The Morgan fingerprint density at radius 2 is 2.33 bits per heavy atom. The summed E-state index contributed by atoms with van der Waals surface area (Å²) in [4.78, 5) is 0. The minimum absolute atomic E-state index is 0.209. The van der Waals surface area contributed by atoms with Gasteiger partial charge in [-0.05, 0) is 18.2 Å². The monoisotopic (exact) mass is 167 g/mol. The van der Waals surface area contributed by atoms with Gasteiger partial charge in [-0.3, -0.25) is 0 Å². The second-order valence-electron chi connectivity index (χ2n) is 2.85. The molecule has 0 saturated carbocycles. The Bertz CT molecular complexity index is 297. The van der Waals surface area contributed by atoms with Crippen LogP contribution in [0.2, 0.25) is 0 Å². The molecule has 1 aliphatic heterocycles. The maximum atomic E-state index is 12.8. The number of rotatable bonds is 2. The smallest absolute Gasteiger partial charge is 0.123 e. The number of methoxy groups -OCH3 is 1. The van der Waals surface area contributed by atoms with Gasteiger partial charge >= 0.3 is 0 Å². The fraction of sp³-hybridized carbons (Fsp3) is 0.333. The van der Waals surface area contributed by atoms with Crippen LogP contribution in [0.5, 0.6) is 5.75 Å². The number of benzene rings is 1. The zero-order chi connectivity index (χ0) is 8.55. The molecule has 0 radical (unpaired) electrons. The van der Waals surface area contributed by atoms with Crippen molar-refractivity contribution in [2.24, 2.45) is 0 Å². The van der Waals surface area contributed by atoms with E-state index < -0.39 is 0 Å². The van der Waals surface area contributed by atoms with E-state index in [2.05, 4.69) is 5.32 Å². The van der Waals surface area contributed by atoms with Crippen molar-refractivity contribution in [3.8, 4) is 5.75 Å². The predicted octanol–water partition coefficient (Wildman–Crippen LogP) is 1.48. The first-order chi connectivity index (χ1) is 5.81. The molecule has 1 fully saturated rings. The lowest BCUT2D eigenvalue weighted by Crippen LogP contribution is -1.93. The van der Waals surface area contributed by atoms with E-state index in [9.17, 15) is 4.39 Å². The Morgan fingerprint density at radius 1 is 1.58 bits per heavy atom. The molecule has 1 aromatic rings. The topological polar surface area (TPSA) is 31.2 Å². The minimum Gasteiger partial charge on any atom is -0.496 e. The molecule has 1 unspecified atom stereocenters. The quantitative estimate of drug-likeness (QED) is 0.676. The molecule has 1 heterocycles. The Balaban J connectivity index is 2.39. The molecule has 0 amide bonds. The first-order valence-electron chi connectivity index (χ1n) is 3.88. The molecular weight excluding hydrogens is 157 g/mol. The molecule has 0 spiro atoms. The molecule has 1 aliphatic rings. The summed E-state index contributed by atoms with van der Waals surface area (Å²) in [7, 11) is 1.60. The van der Waals surface area contributed by atoms with E-state index in [0.29, 0.717) is 0 Å². The zero-order valence-electron chi connectivity index (χ0n) is 6.80. The van der Waals surface area contributed by atoms with E-state index in [1.165, 1.54) is 12.1 Å². The van der Waals surface area contributed by atoms with Crippen LogP contribution < -0.4 is 10.1 Å². The van der Waals surface area contributed by atoms with Gasteiger partial charge in [0, 0.05) is 18.2 Å². The van der Waals surface area contributed by atoms with Crippen LogP contribution in [0, 0.1) is 5.82 Å². The number of nitrogens with one attached hydrogen (secondary N) is 1. The van der Waals surface area contributed by atoms with Crippen LogP contribution in [0.25, 0.3) is 0 Å². The number of ether oxygens (including phenoxy) is 1. The standard InChI is InChI=1S/C9H10FNO/c1-12-9-3-2-6(10)4-7(9)8-5-11-8/h2-4,8,11H,5H2,1H3. The first kappa shape index (κ1) is 7.55. The maximum absolute atomic E-state index is 12.8. The summed E-state index contributed by atoms with van der Waals surface area (Å²) in [5, 5.41) is 3.11. The molecule has 12 heavy (non-hydrogen) atoms. The minimum atomic E-state index is -0.209. The highest BCUT2D eigenvalue weighted by Gasteiger charge is 2.25. The van der Waals surface area contributed by atoms with Crippen molar-refractivity contribution in [1.82, 2.24) is 5.32 Å².